The Morgan fingerprint density at radius 1 is 1.08 bits per heavy atom. The lowest BCUT2D eigenvalue weighted by molar-refractivity contribution is -0.137. The Bertz CT molecular complexity index is 1460. The number of rotatable bonds is 4. The van der Waals surface area contributed by atoms with Crippen LogP contribution in [0.4, 0.5) is 29.1 Å². The number of amides is 2. The average Bonchev–Trinajstić information content (AvgIpc) is 3.10. The molecule has 38 heavy (non-hydrogen) atoms. The zero-order valence-corrected chi connectivity index (χ0v) is 20.3. The summed E-state index contributed by atoms with van der Waals surface area (Å²) in [5.74, 6) is -2.34. The van der Waals surface area contributed by atoms with Gasteiger partial charge in [-0.2, -0.15) is 13.2 Å². The van der Waals surface area contributed by atoms with E-state index in [1.807, 2.05) is 6.08 Å². The van der Waals surface area contributed by atoms with Crippen molar-refractivity contribution in [3.8, 4) is 0 Å². The van der Waals surface area contributed by atoms with Gasteiger partial charge in [-0.05, 0) is 48.0 Å². The van der Waals surface area contributed by atoms with Crippen molar-refractivity contribution < 1.29 is 27.2 Å². The highest BCUT2D eigenvalue weighted by Gasteiger charge is 2.55. The van der Waals surface area contributed by atoms with E-state index < -0.39 is 46.3 Å². The highest BCUT2D eigenvalue weighted by molar-refractivity contribution is 6.06. The van der Waals surface area contributed by atoms with Gasteiger partial charge in [-0.25, -0.2) is 9.37 Å². The molecule has 1 fully saturated rings. The van der Waals surface area contributed by atoms with Crippen LogP contribution in [0.1, 0.15) is 41.3 Å². The molecule has 1 aliphatic carbocycles. The maximum Gasteiger partial charge on any atom is 0.417 e. The maximum absolute atomic E-state index is 13.9. The molecule has 0 spiro atoms. The highest BCUT2D eigenvalue weighted by Crippen LogP contribution is 2.53. The van der Waals surface area contributed by atoms with Crippen LogP contribution in [0.2, 0.25) is 0 Å². The summed E-state index contributed by atoms with van der Waals surface area (Å²) in [5, 5.41) is 2.41. The molecule has 2 aromatic carbocycles. The fraction of sp³-hybridized carbons (Fsp3) is 0.214. The van der Waals surface area contributed by atoms with Gasteiger partial charge in [0.2, 0.25) is 5.91 Å². The minimum atomic E-state index is -4.78. The van der Waals surface area contributed by atoms with Crippen LogP contribution >= 0.6 is 0 Å². The molecular weight excluding hydrogens is 500 g/mol. The van der Waals surface area contributed by atoms with E-state index in [2.05, 4.69) is 15.3 Å². The van der Waals surface area contributed by atoms with Crippen molar-refractivity contribution >= 4 is 23.3 Å². The summed E-state index contributed by atoms with van der Waals surface area (Å²) < 4.78 is 54.9. The monoisotopic (exact) mass is 522 g/mol. The molecule has 10 heteroatoms. The van der Waals surface area contributed by atoms with Crippen LogP contribution in [0, 0.1) is 17.2 Å². The van der Waals surface area contributed by atoms with Crippen molar-refractivity contribution in [3.63, 3.8) is 0 Å². The molecule has 1 aromatic heterocycles. The number of allylic oxidation sites excluding steroid dienone is 4. The molecule has 0 saturated carbocycles. The van der Waals surface area contributed by atoms with Crippen LogP contribution in [-0.2, 0) is 11.0 Å². The summed E-state index contributed by atoms with van der Waals surface area (Å²) in [7, 11) is 0. The van der Waals surface area contributed by atoms with Crippen LogP contribution in [0.5, 0.6) is 0 Å². The lowest BCUT2D eigenvalue weighted by Crippen LogP contribution is -2.33. The van der Waals surface area contributed by atoms with Crippen LogP contribution in [-0.4, -0.2) is 21.8 Å². The van der Waals surface area contributed by atoms with Crippen LogP contribution < -0.4 is 10.2 Å². The Balaban J connectivity index is 1.55. The first-order valence-electron chi connectivity index (χ1n) is 11.8. The Hall–Kier alpha value is -4.34. The number of benzene rings is 2. The molecule has 2 aliphatic rings. The van der Waals surface area contributed by atoms with Crippen molar-refractivity contribution in [1.29, 1.82) is 0 Å². The largest absolute Gasteiger partial charge is 0.417 e. The number of nitrogens with zero attached hydrogens (tertiary/aromatic N) is 3. The average molecular weight is 523 g/mol. The third-order valence-electron chi connectivity index (χ3n) is 6.91. The van der Waals surface area contributed by atoms with E-state index >= 15 is 0 Å². The molecule has 2 amide bonds. The van der Waals surface area contributed by atoms with Gasteiger partial charge in [-0.1, -0.05) is 32.1 Å². The summed E-state index contributed by atoms with van der Waals surface area (Å²) in [6.07, 6.45) is 4.99. The van der Waals surface area contributed by atoms with Gasteiger partial charge in [0.15, 0.2) is 5.82 Å². The maximum atomic E-state index is 13.9. The SMILES string of the molecule is CC1(C)C(=O)N(c2cnccn2)C2=CC=CC(c3ccc(C(F)(F)F)c(C(=O)Nc4ccc(F)cc4)c3)C21. The van der Waals surface area contributed by atoms with E-state index in [1.54, 1.807) is 26.0 Å². The summed E-state index contributed by atoms with van der Waals surface area (Å²) in [5.41, 5.74) is -1.37. The zero-order chi connectivity index (χ0) is 27.2. The van der Waals surface area contributed by atoms with Gasteiger partial charge in [0, 0.05) is 35.6 Å². The fourth-order valence-electron chi connectivity index (χ4n) is 5.13. The number of halogens is 4. The molecule has 0 bridgehead atoms. The van der Waals surface area contributed by atoms with Crippen molar-refractivity contribution in [2.75, 3.05) is 10.2 Å². The second kappa shape index (κ2) is 9.20. The van der Waals surface area contributed by atoms with E-state index in [0.717, 1.165) is 18.2 Å². The molecule has 2 unspecified atom stereocenters. The number of fused-ring (bicyclic) bond motifs is 1. The van der Waals surface area contributed by atoms with Crippen molar-refractivity contribution in [2.24, 2.45) is 11.3 Å². The minimum Gasteiger partial charge on any atom is -0.322 e. The lowest BCUT2D eigenvalue weighted by atomic mass is 9.68. The summed E-state index contributed by atoms with van der Waals surface area (Å²) in [6, 6.07) is 8.15. The molecule has 1 aliphatic heterocycles. The van der Waals surface area contributed by atoms with Gasteiger partial charge in [0.25, 0.3) is 5.91 Å². The molecule has 2 heterocycles. The Kier molecular flexibility index (Phi) is 6.13. The first-order chi connectivity index (χ1) is 18.0. The molecule has 0 radical (unpaired) electrons. The first kappa shape index (κ1) is 25.3. The predicted octanol–water partition coefficient (Wildman–Crippen LogP) is 6.11. The van der Waals surface area contributed by atoms with Gasteiger partial charge >= 0.3 is 6.18 Å². The van der Waals surface area contributed by atoms with Gasteiger partial charge in [-0.3, -0.25) is 19.5 Å². The molecule has 2 atom stereocenters. The fourth-order valence-corrected chi connectivity index (χ4v) is 5.13. The molecule has 1 saturated heterocycles. The van der Waals surface area contributed by atoms with Gasteiger partial charge in [0.1, 0.15) is 5.82 Å². The molecule has 1 N–H and O–H groups in total. The number of carbonyl (C=O) groups excluding carboxylic acids is 2. The predicted molar refractivity (Wildman–Crippen MR) is 133 cm³/mol. The van der Waals surface area contributed by atoms with Gasteiger partial charge in [0.05, 0.1) is 22.7 Å². The number of carbonyl (C=O) groups is 2. The molecule has 5 rings (SSSR count). The zero-order valence-electron chi connectivity index (χ0n) is 20.3. The van der Waals surface area contributed by atoms with Gasteiger partial charge < -0.3 is 5.32 Å². The number of aromatic nitrogens is 2. The third kappa shape index (κ3) is 4.36. The highest BCUT2D eigenvalue weighted by atomic mass is 19.4. The Morgan fingerprint density at radius 3 is 2.47 bits per heavy atom. The van der Waals surface area contributed by atoms with Crippen molar-refractivity contribution in [1.82, 2.24) is 9.97 Å². The van der Waals surface area contributed by atoms with Crippen LogP contribution in [0.3, 0.4) is 0 Å². The number of nitrogens with one attached hydrogen (secondary N) is 1. The molecular formula is C28H22F4N4O2. The number of hydrogen-bond donors (Lipinski definition) is 1. The second-order valence-electron chi connectivity index (χ2n) is 9.67. The first-order valence-corrected chi connectivity index (χ1v) is 11.8. The minimum absolute atomic E-state index is 0.153. The Morgan fingerprint density at radius 2 is 1.82 bits per heavy atom. The van der Waals surface area contributed by atoms with E-state index in [1.165, 1.54) is 47.8 Å². The van der Waals surface area contributed by atoms with Gasteiger partial charge in [-0.15, -0.1) is 0 Å². The number of hydrogen-bond acceptors (Lipinski definition) is 4. The summed E-state index contributed by atoms with van der Waals surface area (Å²) in [4.78, 5) is 36.3. The van der Waals surface area contributed by atoms with Crippen molar-refractivity contribution in [2.45, 2.75) is 25.9 Å². The summed E-state index contributed by atoms with van der Waals surface area (Å²) in [6.45, 7) is 3.56. The normalized spacial score (nSPS) is 20.2. The van der Waals surface area contributed by atoms with Crippen LogP contribution in [0.25, 0.3) is 0 Å². The smallest absolute Gasteiger partial charge is 0.322 e. The molecule has 194 valence electrons. The van der Waals surface area contributed by atoms with Crippen LogP contribution in [0.15, 0.2) is 85.0 Å². The Labute approximate surface area is 215 Å². The van der Waals surface area contributed by atoms with E-state index in [4.69, 9.17) is 0 Å². The van der Waals surface area contributed by atoms with E-state index in [9.17, 15) is 27.2 Å². The number of anilines is 2. The molecule has 3 aromatic rings. The second-order valence-corrected chi connectivity index (χ2v) is 9.67. The quantitative estimate of drug-likeness (QED) is 0.420. The molecule has 6 nitrogen and oxygen atoms in total. The van der Waals surface area contributed by atoms with E-state index in [-0.39, 0.29) is 11.6 Å². The number of alkyl halides is 3. The lowest BCUT2D eigenvalue weighted by Gasteiger charge is -2.32. The third-order valence-corrected chi connectivity index (χ3v) is 6.91. The van der Waals surface area contributed by atoms with E-state index in [0.29, 0.717) is 17.1 Å². The standard InChI is InChI=1S/C28H22F4N4O2/c1-27(2)24-19(4-3-5-22(24)36(26(27)38)23-15-33-12-13-34-23)16-6-11-21(28(30,31)32)20(14-16)25(37)35-18-9-7-17(29)8-10-18/h3-15,19,24H,1-2H3,(H,35,37). The summed E-state index contributed by atoms with van der Waals surface area (Å²) >= 11 is 0. The topological polar surface area (TPSA) is 75.2 Å². The van der Waals surface area contributed by atoms with Crippen molar-refractivity contribution in [3.05, 3.63) is 107 Å².